The molecular weight excluding hydrogens is 280 g/mol. The van der Waals surface area contributed by atoms with Crippen LogP contribution in [0.5, 0.6) is 0 Å². The summed E-state index contributed by atoms with van der Waals surface area (Å²) < 4.78 is 5.27. The molecule has 0 saturated carbocycles. The molecule has 1 aliphatic rings. The van der Waals surface area contributed by atoms with E-state index >= 15 is 0 Å². The average molecular weight is 296 g/mol. The van der Waals surface area contributed by atoms with Gasteiger partial charge in [0.2, 0.25) is 0 Å². The zero-order valence-electron chi connectivity index (χ0n) is 12.1. The first-order valence-corrected chi connectivity index (χ1v) is 8.04. The third kappa shape index (κ3) is 2.61. The molecule has 1 aliphatic heterocycles. The molecule has 0 aromatic heterocycles. The molecule has 0 fully saturated rings. The number of rotatable bonds is 3. The minimum atomic E-state index is -0.234. The van der Waals surface area contributed by atoms with Gasteiger partial charge in [0.05, 0.1) is 5.57 Å². The first-order chi connectivity index (χ1) is 10.2. The van der Waals surface area contributed by atoms with E-state index < -0.39 is 0 Å². The van der Waals surface area contributed by atoms with Crippen LogP contribution in [0.1, 0.15) is 16.7 Å². The number of benzene rings is 2. The summed E-state index contributed by atoms with van der Waals surface area (Å²) in [7, 11) is 0. The molecule has 2 aromatic rings. The highest BCUT2D eigenvalue weighted by Crippen LogP contribution is 2.34. The SMILES string of the molecule is CSc1ccc(C2=C(c3ccccc3)C(=O)OC2)cc1C. The van der Waals surface area contributed by atoms with E-state index in [0.29, 0.717) is 12.2 Å². The molecule has 2 aromatic carbocycles. The van der Waals surface area contributed by atoms with E-state index in [9.17, 15) is 4.79 Å². The lowest BCUT2D eigenvalue weighted by molar-refractivity contribution is -0.133. The first kappa shape index (κ1) is 14.0. The average Bonchev–Trinajstić information content (AvgIpc) is 2.90. The van der Waals surface area contributed by atoms with E-state index in [-0.39, 0.29) is 5.97 Å². The Labute approximate surface area is 128 Å². The number of aryl methyl sites for hydroxylation is 1. The maximum atomic E-state index is 12.1. The van der Waals surface area contributed by atoms with Gasteiger partial charge in [-0.1, -0.05) is 42.5 Å². The van der Waals surface area contributed by atoms with E-state index in [0.717, 1.165) is 16.7 Å². The summed E-state index contributed by atoms with van der Waals surface area (Å²) in [5.74, 6) is -0.234. The van der Waals surface area contributed by atoms with Gasteiger partial charge in [-0.15, -0.1) is 11.8 Å². The molecule has 0 spiro atoms. The van der Waals surface area contributed by atoms with Crippen molar-refractivity contribution in [1.82, 2.24) is 0 Å². The van der Waals surface area contributed by atoms with Gasteiger partial charge in [0.25, 0.3) is 0 Å². The summed E-state index contributed by atoms with van der Waals surface area (Å²) in [5.41, 5.74) is 4.87. The van der Waals surface area contributed by atoms with Crippen molar-refractivity contribution in [3.8, 4) is 0 Å². The van der Waals surface area contributed by atoms with Crippen molar-refractivity contribution in [1.29, 1.82) is 0 Å². The largest absolute Gasteiger partial charge is 0.457 e. The number of carbonyl (C=O) groups excluding carboxylic acids is 1. The fourth-order valence-corrected chi connectivity index (χ4v) is 3.18. The number of esters is 1. The predicted octanol–water partition coefficient (Wildman–Crippen LogP) is 4.18. The van der Waals surface area contributed by atoms with Crippen molar-refractivity contribution in [3.63, 3.8) is 0 Å². The van der Waals surface area contributed by atoms with Gasteiger partial charge in [-0.05, 0) is 35.9 Å². The summed E-state index contributed by atoms with van der Waals surface area (Å²) in [4.78, 5) is 13.3. The fraction of sp³-hybridized carbons (Fsp3) is 0.167. The second kappa shape index (κ2) is 5.78. The lowest BCUT2D eigenvalue weighted by Crippen LogP contribution is -1.98. The third-order valence-electron chi connectivity index (χ3n) is 3.66. The molecule has 2 nitrogen and oxygen atoms in total. The van der Waals surface area contributed by atoms with E-state index in [1.807, 2.05) is 30.3 Å². The first-order valence-electron chi connectivity index (χ1n) is 6.81. The second-order valence-corrected chi connectivity index (χ2v) is 5.83. The van der Waals surface area contributed by atoms with Crippen LogP contribution >= 0.6 is 11.8 Å². The zero-order chi connectivity index (χ0) is 14.8. The predicted molar refractivity (Wildman–Crippen MR) is 87.2 cm³/mol. The summed E-state index contributed by atoms with van der Waals surface area (Å²) in [6.07, 6.45) is 2.07. The molecule has 0 unspecified atom stereocenters. The Balaban J connectivity index is 2.12. The van der Waals surface area contributed by atoms with Crippen LogP contribution in [0.4, 0.5) is 0 Å². The van der Waals surface area contributed by atoms with Crippen LogP contribution in [0.25, 0.3) is 11.1 Å². The van der Waals surface area contributed by atoms with Crippen LogP contribution in [0.2, 0.25) is 0 Å². The number of ether oxygens (including phenoxy) is 1. The Hall–Kier alpha value is -2.00. The van der Waals surface area contributed by atoms with Gasteiger partial charge in [0.15, 0.2) is 0 Å². The Bertz CT molecular complexity index is 717. The molecule has 0 bridgehead atoms. The molecule has 21 heavy (non-hydrogen) atoms. The van der Waals surface area contributed by atoms with Crippen molar-refractivity contribution in [2.45, 2.75) is 11.8 Å². The zero-order valence-corrected chi connectivity index (χ0v) is 12.9. The maximum absolute atomic E-state index is 12.1. The third-order valence-corrected chi connectivity index (χ3v) is 4.56. The number of cyclic esters (lactones) is 1. The van der Waals surface area contributed by atoms with Gasteiger partial charge in [0, 0.05) is 10.5 Å². The Morgan fingerprint density at radius 3 is 2.48 bits per heavy atom. The van der Waals surface area contributed by atoms with Gasteiger partial charge >= 0.3 is 5.97 Å². The number of hydrogen-bond donors (Lipinski definition) is 0. The Morgan fingerprint density at radius 2 is 1.81 bits per heavy atom. The smallest absolute Gasteiger partial charge is 0.339 e. The fourth-order valence-electron chi connectivity index (χ4n) is 2.60. The number of thioether (sulfide) groups is 1. The molecule has 0 atom stereocenters. The highest BCUT2D eigenvalue weighted by Gasteiger charge is 2.27. The van der Waals surface area contributed by atoms with Crippen LogP contribution in [0, 0.1) is 6.92 Å². The lowest BCUT2D eigenvalue weighted by Gasteiger charge is -2.08. The normalized spacial score (nSPS) is 14.5. The van der Waals surface area contributed by atoms with Crippen molar-refractivity contribution in [2.24, 2.45) is 0 Å². The highest BCUT2D eigenvalue weighted by molar-refractivity contribution is 7.98. The molecular formula is C18H16O2S. The second-order valence-electron chi connectivity index (χ2n) is 4.98. The van der Waals surface area contributed by atoms with Gasteiger partial charge in [-0.3, -0.25) is 0 Å². The molecule has 0 radical (unpaired) electrons. The number of hydrogen-bond acceptors (Lipinski definition) is 3. The highest BCUT2D eigenvalue weighted by atomic mass is 32.2. The number of carbonyl (C=O) groups is 1. The summed E-state index contributed by atoms with van der Waals surface area (Å²) >= 11 is 1.73. The van der Waals surface area contributed by atoms with Crippen LogP contribution in [-0.2, 0) is 9.53 Å². The van der Waals surface area contributed by atoms with E-state index in [2.05, 4.69) is 31.4 Å². The van der Waals surface area contributed by atoms with Crippen molar-refractivity contribution < 1.29 is 9.53 Å². The monoisotopic (exact) mass is 296 g/mol. The van der Waals surface area contributed by atoms with Gasteiger partial charge < -0.3 is 4.74 Å². The molecule has 3 heteroatoms. The molecule has 3 rings (SSSR count). The van der Waals surface area contributed by atoms with Crippen molar-refractivity contribution in [2.75, 3.05) is 12.9 Å². The van der Waals surface area contributed by atoms with Gasteiger partial charge in [0.1, 0.15) is 6.61 Å². The maximum Gasteiger partial charge on any atom is 0.339 e. The quantitative estimate of drug-likeness (QED) is 0.627. The Morgan fingerprint density at radius 1 is 1.05 bits per heavy atom. The molecule has 0 N–H and O–H groups in total. The molecule has 1 heterocycles. The van der Waals surface area contributed by atoms with Crippen LogP contribution in [0.15, 0.2) is 53.4 Å². The standard InChI is InChI=1S/C18H16O2S/c1-12-10-14(8-9-16(12)21-2)15-11-20-18(19)17(15)13-6-4-3-5-7-13/h3-10H,11H2,1-2H3. The Kier molecular flexibility index (Phi) is 3.84. The van der Waals surface area contributed by atoms with E-state index in [1.54, 1.807) is 11.8 Å². The van der Waals surface area contributed by atoms with Crippen LogP contribution in [0.3, 0.4) is 0 Å². The minimum Gasteiger partial charge on any atom is -0.457 e. The minimum absolute atomic E-state index is 0.234. The van der Waals surface area contributed by atoms with Crippen LogP contribution in [-0.4, -0.2) is 18.8 Å². The topological polar surface area (TPSA) is 26.3 Å². The van der Waals surface area contributed by atoms with Crippen molar-refractivity contribution in [3.05, 3.63) is 65.2 Å². The summed E-state index contributed by atoms with van der Waals surface area (Å²) in [6, 6.07) is 16.0. The molecule has 106 valence electrons. The van der Waals surface area contributed by atoms with Gasteiger partial charge in [-0.2, -0.15) is 0 Å². The lowest BCUT2D eigenvalue weighted by atomic mass is 9.96. The van der Waals surface area contributed by atoms with Crippen molar-refractivity contribution >= 4 is 28.9 Å². The van der Waals surface area contributed by atoms with E-state index in [4.69, 9.17) is 4.74 Å². The molecule has 0 amide bonds. The van der Waals surface area contributed by atoms with Gasteiger partial charge in [-0.25, -0.2) is 4.79 Å². The summed E-state index contributed by atoms with van der Waals surface area (Å²) in [5, 5.41) is 0. The summed E-state index contributed by atoms with van der Waals surface area (Å²) in [6.45, 7) is 2.44. The van der Waals surface area contributed by atoms with Crippen LogP contribution < -0.4 is 0 Å². The molecule has 0 aliphatic carbocycles. The van der Waals surface area contributed by atoms with E-state index in [1.165, 1.54) is 10.5 Å². The molecule has 0 saturated heterocycles.